The zero-order valence-corrected chi connectivity index (χ0v) is 13.5. The molecule has 0 fully saturated rings. The number of hydrogen-bond acceptors (Lipinski definition) is 2. The van der Waals surface area contributed by atoms with Gasteiger partial charge in [-0.1, -0.05) is 26.0 Å². The molecule has 0 saturated carbocycles. The summed E-state index contributed by atoms with van der Waals surface area (Å²) in [6.07, 6.45) is 0.577. The molecule has 2 rings (SSSR count). The van der Waals surface area contributed by atoms with E-state index >= 15 is 0 Å². The Morgan fingerprint density at radius 1 is 1.17 bits per heavy atom. The molecule has 1 heterocycles. The lowest BCUT2D eigenvalue weighted by molar-refractivity contribution is 0.0924. The van der Waals surface area contributed by atoms with Crippen LogP contribution in [0.5, 0.6) is 0 Å². The number of carbonyl (C=O) groups is 1. The van der Waals surface area contributed by atoms with Gasteiger partial charge in [-0.3, -0.25) is 9.59 Å². The lowest BCUT2D eigenvalue weighted by atomic mass is 9.96. The summed E-state index contributed by atoms with van der Waals surface area (Å²) in [5, 5.41) is 2.90. The van der Waals surface area contributed by atoms with E-state index in [-0.39, 0.29) is 23.3 Å². The fourth-order valence-electron chi connectivity index (χ4n) is 2.32. The average Bonchev–Trinajstić information content (AvgIpc) is 2.48. The van der Waals surface area contributed by atoms with E-state index in [1.165, 1.54) is 18.2 Å². The molecule has 23 heavy (non-hydrogen) atoms. The number of hydrogen-bond donors (Lipinski definition) is 2. The van der Waals surface area contributed by atoms with E-state index < -0.39 is 11.5 Å². The number of aryl methyl sites for hydroxylation is 1. The van der Waals surface area contributed by atoms with E-state index in [0.29, 0.717) is 12.1 Å². The summed E-state index contributed by atoms with van der Waals surface area (Å²) in [6.45, 7) is 5.75. The highest BCUT2D eigenvalue weighted by Gasteiger charge is 2.19. The second-order valence-electron chi connectivity index (χ2n) is 6.04. The zero-order chi connectivity index (χ0) is 17.0. The lowest BCUT2D eigenvalue weighted by Gasteiger charge is -2.22. The summed E-state index contributed by atoms with van der Waals surface area (Å²) in [6, 6.07) is 9.29. The molecular weight excluding hydrogens is 295 g/mol. The molecule has 0 aliphatic carbocycles. The fourth-order valence-corrected chi connectivity index (χ4v) is 2.32. The molecule has 122 valence electrons. The van der Waals surface area contributed by atoms with E-state index in [1.54, 1.807) is 25.1 Å². The fraction of sp³-hybridized carbons (Fsp3) is 0.333. The van der Waals surface area contributed by atoms with Crippen molar-refractivity contribution in [3.63, 3.8) is 0 Å². The van der Waals surface area contributed by atoms with Crippen LogP contribution < -0.4 is 10.9 Å². The third-order valence-corrected chi connectivity index (χ3v) is 3.79. The first-order valence-corrected chi connectivity index (χ1v) is 7.62. The first-order chi connectivity index (χ1) is 10.9. The van der Waals surface area contributed by atoms with Gasteiger partial charge in [-0.15, -0.1) is 0 Å². The molecule has 0 aliphatic heterocycles. The van der Waals surface area contributed by atoms with Gasteiger partial charge in [0.25, 0.3) is 11.5 Å². The Labute approximate surface area is 134 Å². The first kappa shape index (κ1) is 16.9. The molecule has 0 spiro atoms. The minimum atomic E-state index is -0.396. The van der Waals surface area contributed by atoms with Crippen LogP contribution in [0, 0.1) is 18.7 Å². The minimum Gasteiger partial charge on any atom is -0.349 e. The second-order valence-corrected chi connectivity index (χ2v) is 6.04. The second kappa shape index (κ2) is 7.22. The number of carbonyl (C=O) groups excluding carboxylic acids is 1. The van der Waals surface area contributed by atoms with Crippen molar-refractivity contribution in [3.8, 4) is 0 Å². The van der Waals surface area contributed by atoms with Crippen LogP contribution in [-0.4, -0.2) is 16.9 Å². The molecule has 0 radical (unpaired) electrons. The van der Waals surface area contributed by atoms with Crippen LogP contribution in [0.3, 0.4) is 0 Å². The van der Waals surface area contributed by atoms with Gasteiger partial charge in [-0.2, -0.15) is 0 Å². The van der Waals surface area contributed by atoms with Crippen LogP contribution in [0.15, 0.2) is 41.2 Å². The molecule has 1 atom stereocenters. The highest BCUT2D eigenvalue weighted by Crippen LogP contribution is 2.12. The highest BCUT2D eigenvalue weighted by molar-refractivity contribution is 5.94. The molecule has 1 amide bonds. The van der Waals surface area contributed by atoms with Crippen molar-refractivity contribution < 1.29 is 9.18 Å². The van der Waals surface area contributed by atoms with Gasteiger partial charge in [0.05, 0.1) is 0 Å². The molecule has 1 unspecified atom stereocenters. The molecule has 0 saturated heterocycles. The van der Waals surface area contributed by atoms with E-state index in [9.17, 15) is 14.0 Å². The first-order valence-electron chi connectivity index (χ1n) is 7.62. The number of nitrogens with one attached hydrogen (secondary N) is 2. The van der Waals surface area contributed by atoms with Crippen LogP contribution in [0.1, 0.15) is 35.5 Å². The predicted octanol–water partition coefficient (Wildman–Crippen LogP) is 2.82. The molecule has 1 aromatic carbocycles. The Balaban J connectivity index is 2.14. The maximum Gasteiger partial charge on any atom is 0.260 e. The number of benzene rings is 1. The molecule has 5 heteroatoms. The number of amides is 1. The van der Waals surface area contributed by atoms with Crippen molar-refractivity contribution in [2.24, 2.45) is 5.92 Å². The zero-order valence-electron chi connectivity index (χ0n) is 13.5. The molecular formula is C18H21FN2O2. The monoisotopic (exact) mass is 316 g/mol. The number of H-pyrrole nitrogens is 1. The molecule has 4 nitrogen and oxygen atoms in total. The van der Waals surface area contributed by atoms with Gasteiger partial charge in [0.2, 0.25) is 0 Å². The van der Waals surface area contributed by atoms with Crippen molar-refractivity contribution in [1.29, 1.82) is 0 Å². The standard InChI is InChI=1S/C18H21FN2O2/c1-11(2)16(10-13-5-7-14(19)8-6-13)21-18(23)15-9-4-12(3)20-17(15)22/h4-9,11,16H,10H2,1-3H3,(H,20,22)(H,21,23). The van der Waals surface area contributed by atoms with Crippen LogP contribution in [0.25, 0.3) is 0 Å². The van der Waals surface area contributed by atoms with Crippen molar-refractivity contribution in [3.05, 3.63) is 69.4 Å². The minimum absolute atomic E-state index is 0.0976. The summed E-state index contributed by atoms with van der Waals surface area (Å²) >= 11 is 0. The predicted molar refractivity (Wildman–Crippen MR) is 88.0 cm³/mol. The van der Waals surface area contributed by atoms with E-state index in [1.807, 2.05) is 13.8 Å². The molecule has 2 N–H and O–H groups in total. The molecule has 0 aliphatic rings. The van der Waals surface area contributed by atoms with Gasteiger partial charge in [0.15, 0.2) is 0 Å². The van der Waals surface area contributed by atoms with Crippen LogP contribution in [-0.2, 0) is 6.42 Å². The quantitative estimate of drug-likeness (QED) is 0.891. The molecule has 0 bridgehead atoms. The van der Waals surface area contributed by atoms with Gasteiger partial charge in [-0.05, 0) is 49.1 Å². The summed E-state index contributed by atoms with van der Waals surface area (Å²) in [5.74, 6) is -0.509. The van der Waals surface area contributed by atoms with Gasteiger partial charge in [0.1, 0.15) is 11.4 Å². The SMILES string of the molecule is Cc1ccc(C(=O)NC(Cc2ccc(F)cc2)C(C)C)c(=O)[nH]1. The normalized spacial score (nSPS) is 12.2. The van der Waals surface area contributed by atoms with Crippen molar-refractivity contribution in [2.45, 2.75) is 33.2 Å². The smallest absolute Gasteiger partial charge is 0.260 e. The van der Waals surface area contributed by atoms with Crippen LogP contribution in [0.4, 0.5) is 4.39 Å². The summed E-state index contributed by atoms with van der Waals surface area (Å²) in [7, 11) is 0. The van der Waals surface area contributed by atoms with Gasteiger partial charge >= 0.3 is 0 Å². The summed E-state index contributed by atoms with van der Waals surface area (Å²) in [5.41, 5.74) is 1.34. The largest absolute Gasteiger partial charge is 0.349 e. The Hall–Kier alpha value is -2.43. The molecule has 2 aromatic rings. The Morgan fingerprint density at radius 2 is 1.83 bits per heavy atom. The number of pyridine rings is 1. The van der Waals surface area contributed by atoms with Gasteiger partial charge in [-0.25, -0.2) is 4.39 Å². The maximum atomic E-state index is 13.0. The molecule has 1 aromatic heterocycles. The summed E-state index contributed by atoms with van der Waals surface area (Å²) in [4.78, 5) is 26.8. The topological polar surface area (TPSA) is 62.0 Å². The van der Waals surface area contributed by atoms with Gasteiger partial charge < -0.3 is 10.3 Å². The van der Waals surface area contributed by atoms with Crippen molar-refractivity contribution in [2.75, 3.05) is 0 Å². The third kappa shape index (κ3) is 4.52. The van der Waals surface area contributed by atoms with E-state index in [4.69, 9.17) is 0 Å². The van der Waals surface area contributed by atoms with Crippen molar-refractivity contribution in [1.82, 2.24) is 10.3 Å². The van der Waals surface area contributed by atoms with E-state index in [0.717, 1.165) is 5.56 Å². The number of aromatic amines is 1. The van der Waals surface area contributed by atoms with E-state index in [2.05, 4.69) is 10.3 Å². The Morgan fingerprint density at radius 3 is 2.39 bits per heavy atom. The van der Waals surface area contributed by atoms with Crippen LogP contribution >= 0.6 is 0 Å². The summed E-state index contributed by atoms with van der Waals surface area (Å²) < 4.78 is 13.0. The number of rotatable bonds is 5. The Bertz CT molecular complexity index is 735. The number of halogens is 1. The van der Waals surface area contributed by atoms with Crippen molar-refractivity contribution >= 4 is 5.91 Å². The van der Waals surface area contributed by atoms with Gasteiger partial charge in [0, 0.05) is 11.7 Å². The third-order valence-electron chi connectivity index (χ3n) is 3.79. The lowest BCUT2D eigenvalue weighted by Crippen LogP contribution is -2.42. The average molecular weight is 316 g/mol. The van der Waals surface area contributed by atoms with Crippen LogP contribution in [0.2, 0.25) is 0 Å². The maximum absolute atomic E-state index is 13.0. The highest BCUT2D eigenvalue weighted by atomic mass is 19.1. The number of aromatic nitrogens is 1. The Kier molecular flexibility index (Phi) is 5.32.